The van der Waals surface area contributed by atoms with Crippen molar-refractivity contribution >= 4 is 22.6 Å². The number of pyridine rings is 1. The number of morpholine rings is 1. The second-order valence-corrected chi connectivity index (χ2v) is 11.3. The lowest BCUT2D eigenvalue weighted by atomic mass is 9.52. The van der Waals surface area contributed by atoms with Gasteiger partial charge in [-0.05, 0) is 55.9 Å². The maximum absolute atomic E-state index is 12.7. The van der Waals surface area contributed by atoms with Crippen molar-refractivity contribution in [1.29, 1.82) is 0 Å². The summed E-state index contributed by atoms with van der Waals surface area (Å²) < 4.78 is 10.9. The van der Waals surface area contributed by atoms with E-state index in [1.807, 2.05) is 12.3 Å². The average molecular weight is 508 g/mol. The molecule has 4 saturated carbocycles. The van der Waals surface area contributed by atoms with Crippen LogP contribution in [0.4, 0.5) is 5.69 Å². The maximum Gasteiger partial charge on any atom is 0.292 e. The third-order valence-corrected chi connectivity index (χ3v) is 8.82. The molecule has 37 heavy (non-hydrogen) atoms. The minimum atomic E-state index is -0.490. The van der Waals surface area contributed by atoms with Gasteiger partial charge in [0.1, 0.15) is 5.65 Å². The van der Waals surface area contributed by atoms with Crippen LogP contribution in [0.25, 0.3) is 22.5 Å². The van der Waals surface area contributed by atoms with Gasteiger partial charge in [0, 0.05) is 50.0 Å². The van der Waals surface area contributed by atoms with Gasteiger partial charge in [-0.3, -0.25) is 9.69 Å². The van der Waals surface area contributed by atoms with Crippen LogP contribution < -0.4 is 10.6 Å². The summed E-state index contributed by atoms with van der Waals surface area (Å²) in [7, 11) is 0. The average Bonchev–Trinajstić information content (AvgIpc) is 3.56. The number of nitrogens with one attached hydrogen (secondary N) is 3. The number of nitrogens with zero attached hydrogens (tertiary/aromatic N) is 4. The van der Waals surface area contributed by atoms with E-state index in [2.05, 4.69) is 35.6 Å². The first kappa shape index (κ1) is 23.1. The first-order valence-corrected chi connectivity index (χ1v) is 13.4. The van der Waals surface area contributed by atoms with Crippen LogP contribution in [0.15, 0.2) is 23.0 Å². The van der Waals surface area contributed by atoms with Gasteiger partial charge in [-0.15, -0.1) is 0 Å². The summed E-state index contributed by atoms with van der Waals surface area (Å²) in [6, 6.07) is 2.26. The molecule has 1 amide bonds. The Kier molecular flexibility index (Phi) is 5.67. The SMILES string of the molecule is O=C(NCCN1CCOCC1)c1noc(-c2cnc3[nH]ccc3c2N[C@H]2C3CC4CC2C[C@@](O)(C4)C3)n1. The van der Waals surface area contributed by atoms with E-state index in [1.54, 1.807) is 6.20 Å². The number of anilines is 1. The smallest absolute Gasteiger partial charge is 0.292 e. The summed E-state index contributed by atoms with van der Waals surface area (Å²) in [5, 5.41) is 22.7. The molecule has 196 valence electrons. The Labute approximate surface area is 214 Å². The lowest BCUT2D eigenvalue weighted by Gasteiger charge is -2.58. The van der Waals surface area contributed by atoms with Crippen molar-refractivity contribution in [2.45, 2.75) is 43.7 Å². The third kappa shape index (κ3) is 4.28. The molecule has 3 aromatic heterocycles. The van der Waals surface area contributed by atoms with Crippen LogP contribution >= 0.6 is 0 Å². The zero-order chi connectivity index (χ0) is 25.0. The van der Waals surface area contributed by atoms with Crippen LogP contribution in [0.2, 0.25) is 0 Å². The number of H-pyrrole nitrogens is 1. The van der Waals surface area contributed by atoms with Crippen LogP contribution in [0.3, 0.4) is 0 Å². The van der Waals surface area contributed by atoms with E-state index in [-0.39, 0.29) is 23.7 Å². The Bertz CT molecular complexity index is 1280. The van der Waals surface area contributed by atoms with E-state index in [0.717, 1.165) is 81.7 Å². The van der Waals surface area contributed by atoms with Crippen LogP contribution in [0, 0.1) is 17.8 Å². The van der Waals surface area contributed by atoms with E-state index < -0.39 is 5.60 Å². The Hall–Kier alpha value is -3.02. The van der Waals surface area contributed by atoms with Crippen molar-refractivity contribution in [3.63, 3.8) is 0 Å². The highest BCUT2D eigenvalue weighted by atomic mass is 16.5. The van der Waals surface area contributed by atoms with Crippen molar-refractivity contribution in [3.8, 4) is 11.5 Å². The molecule has 0 spiro atoms. The number of carbonyl (C=O) groups is 1. The zero-order valence-electron chi connectivity index (χ0n) is 20.8. The highest BCUT2D eigenvalue weighted by Crippen LogP contribution is 2.56. The van der Waals surface area contributed by atoms with Crippen LogP contribution in [0.1, 0.15) is 42.7 Å². The number of hydrogen-bond donors (Lipinski definition) is 4. The highest BCUT2D eigenvalue weighted by Gasteiger charge is 2.54. The second-order valence-electron chi connectivity index (χ2n) is 11.3. The Balaban J connectivity index is 1.11. The van der Waals surface area contributed by atoms with Gasteiger partial charge in [0.2, 0.25) is 0 Å². The molecule has 5 aliphatic rings. The Morgan fingerprint density at radius 2 is 2.03 bits per heavy atom. The summed E-state index contributed by atoms with van der Waals surface area (Å²) >= 11 is 0. The molecule has 0 radical (unpaired) electrons. The fourth-order valence-electron chi connectivity index (χ4n) is 7.37. The molecule has 11 heteroatoms. The quantitative estimate of drug-likeness (QED) is 0.378. The predicted molar refractivity (Wildman–Crippen MR) is 135 cm³/mol. The van der Waals surface area contributed by atoms with Crippen molar-refractivity contribution < 1.29 is 19.2 Å². The lowest BCUT2D eigenvalue weighted by Crippen LogP contribution is -2.59. The van der Waals surface area contributed by atoms with Gasteiger partial charge in [-0.25, -0.2) is 4.98 Å². The zero-order valence-corrected chi connectivity index (χ0v) is 20.8. The molecule has 11 nitrogen and oxygen atoms in total. The number of carbonyl (C=O) groups excluding carboxylic acids is 1. The Morgan fingerprint density at radius 1 is 1.22 bits per heavy atom. The van der Waals surface area contributed by atoms with Gasteiger partial charge in [-0.2, -0.15) is 4.98 Å². The van der Waals surface area contributed by atoms with E-state index in [1.165, 1.54) is 0 Å². The number of aromatic amines is 1. The molecule has 1 saturated heterocycles. The van der Waals surface area contributed by atoms with Crippen molar-refractivity contribution in [2.24, 2.45) is 17.8 Å². The number of rotatable bonds is 7. The molecule has 2 atom stereocenters. The number of aliphatic hydroxyl groups is 1. The monoisotopic (exact) mass is 507 g/mol. The third-order valence-electron chi connectivity index (χ3n) is 8.82. The largest absolute Gasteiger partial charge is 0.390 e. The summed E-state index contributed by atoms with van der Waals surface area (Å²) in [6.45, 7) is 4.44. The van der Waals surface area contributed by atoms with Crippen molar-refractivity contribution in [1.82, 2.24) is 30.3 Å². The molecule has 2 unspecified atom stereocenters. The van der Waals surface area contributed by atoms with Gasteiger partial charge in [0.05, 0.1) is 30.1 Å². The van der Waals surface area contributed by atoms with E-state index in [9.17, 15) is 9.90 Å². The maximum atomic E-state index is 12.7. The summed E-state index contributed by atoms with van der Waals surface area (Å²) in [6.07, 6.45) is 8.55. The van der Waals surface area contributed by atoms with Crippen LogP contribution in [0.5, 0.6) is 0 Å². The molecule has 4 aliphatic carbocycles. The van der Waals surface area contributed by atoms with Crippen LogP contribution in [-0.4, -0.2) is 87.1 Å². The van der Waals surface area contributed by atoms with Crippen LogP contribution in [-0.2, 0) is 4.74 Å². The molecule has 4 N–H and O–H groups in total. The predicted octanol–water partition coefficient (Wildman–Crippen LogP) is 2.03. The molecule has 5 fully saturated rings. The van der Waals surface area contributed by atoms with Gasteiger partial charge in [0.15, 0.2) is 0 Å². The van der Waals surface area contributed by atoms with Gasteiger partial charge < -0.3 is 30.0 Å². The molecular weight excluding hydrogens is 474 g/mol. The number of ether oxygens (including phenoxy) is 1. The number of fused-ring (bicyclic) bond motifs is 1. The molecule has 4 heterocycles. The highest BCUT2D eigenvalue weighted by molar-refractivity contribution is 5.97. The van der Waals surface area contributed by atoms with E-state index >= 15 is 0 Å². The first-order chi connectivity index (χ1) is 18.0. The summed E-state index contributed by atoms with van der Waals surface area (Å²) in [4.78, 5) is 27.1. The first-order valence-electron chi connectivity index (χ1n) is 13.4. The van der Waals surface area contributed by atoms with Gasteiger partial charge in [-0.1, -0.05) is 5.16 Å². The number of amides is 1. The van der Waals surface area contributed by atoms with E-state index in [0.29, 0.717) is 29.9 Å². The molecule has 1 aliphatic heterocycles. The molecule has 0 aromatic carbocycles. The topological polar surface area (TPSA) is 141 Å². The van der Waals surface area contributed by atoms with Crippen molar-refractivity contribution in [2.75, 3.05) is 44.7 Å². The summed E-state index contributed by atoms with van der Waals surface area (Å²) in [5.74, 6) is 1.41. The normalized spacial score (nSPS) is 31.2. The minimum Gasteiger partial charge on any atom is -0.390 e. The standard InChI is InChI=1S/C26H33N7O4/c34-24(28-3-4-33-5-7-36-8-6-33)23-31-25(37-32-23)19-14-29-22-18(1-2-27-22)21(19)30-20-16-9-15-10-17(20)13-26(35,11-15)12-16/h1-2,14-17,20,35H,3-13H2,(H,28,34)(H2,27,29,30)/t15?,16?,17?,20-,26+. The molecule has 3 aromatic rings. The molecule has 8 rings (SSSR count). The number of aromatic nitrogens is 4. The minimum absolute atomic E-state index is 0.00828. The fourth-order valence-corrected chi connectivity index (χ4v) is 7.37. The molecule has 4 bridgehead atoms. The fraction of sp³-hybridized carbons (Fsp3) is 0.615. The summed E-state index contributed by atoms with van der Waals surface area (Å²) in [5.41, 5.74) is 1.85. The van der Waals surface area contributed by atoms with Crippen molar-refractivity contribution in [3.05, 3.63) is 24.3 Å². The molecular formula is C26H33N7O4. The lowest BCUT2D eigenvalue weighted by molar-refractivity contribution is -0.129. The van der Waals surface area contributed by atoms with Gasteiger partial charge in [0.25, 0.3) is 17.6 Å². The Morgan fingerprint density at radius 3 is 2.81 bits per heavy atom. The number of hydrogen-bond acceptors (Lipinski definition) is 9. The van der Waals surface area contributed by atoms with Gasteiger partial charge >= 0.3 is 0 Å². The second kappa shape index (κ2) is 9.07. The van der Waals surface area contributed by atoms with E-state index in [4.69, 9.17) is 9.26 Å².